The van der Waals surface area contributed by atoms with Gasteiger partial charge < -0.3 is 10.0 Å². The number of sulfonamides is 1. The van der Waals surface area contributed by atoms with Crippen molar-refractivity contribution in [1.29, 1.82) is 0 Å². The van der Waals surface area contributed by atoms with Gasteiger partial charge in [-0.3, -0.25) is 4.31 Å². The highest BCUT2D eigenvalue weighted by atomic mass is 79.9. The fourth-order valence-corrected chi connectivity index (χ4v) is 6.53. The smallest absolute Gasteiger partial charge is 0.335 e. The molecule has 6 nitrogen and oxygen atoms in total. The zero-order valence-corrected chi connectivity index (χ0v) is 18.5. The van der Waals surface area contributed by atoms with Crippen LogP contribution < -0.4 is 4.31 Å². The number of benzene rings is 2. The van der Waals surface area contributed by atoms with Crippen LogP contribution in [0.2, 0.25) is 0 Å². The highest BCUT2D eigenvalue weighted by Crippen LogP contribution is 2.43. The molecule has 0 unspecified atom stereocenters. The van der Waals surface area contributed by atoms with Crippen molar-refractivity contribution in [1.82, 2.24) is 4.90 Å². The standard InChI is InChI=1S/C19H19BrN2O4S2/c1-21(2)11-12-22(18-17(20)15-5-3-4-6-16(15)27-18)28(25,26)14-9-7-13(8-10-14)19(23)24/h3-10H,11-12H2,1-2H3,(H,23,24). The lowest BCUT2D eigenvalue weighted by molar-refractivity contribution is 0.0696. The Hall–Kier alpha value is -1.94. The number of halogens is 1. The van der Waals surface area contributed by atoms with Crippen LogP contribution in [0.5, 0.6) is 0 Å². The molecule has 0 amide bonds. The number of carboxylic acids is 1. The Morgan fingerprint density at radius 2 is 1.71 bits per heavy atom. The molecular weight excluding hydrogens is 464 g/mol. The topological polar surface area (TPSA) is 77.9 Å². The maximum absolute atomic E-state index is 13.4. The van der Waals surface area contributed by atoms with Crippen LogP contribution in [0.25, 0.3) is 10.1 Å². The minimum absolute atomic E-state index is 0.0434. The number of hydrogen-bond donors (Lipinski definition) is 1. The van der Waals surface area contributed by atoms with Gasteiger partial charge in [-0.1, -0.05) is 18.2 Å². The van der Waals surface area contributed by atoms with Crippen LogP contribution in [0.4, 0.5) is 5.00 Å². The largest absolute Gasteiger partial charge is 0.478 e. The van der Waals surface area contributed by atoms with E-state index in [9.17, 15) is 13.2 Å². The molecule has 3 aromatic rings. The summed E-state index contributed by atoms with van der Waals surface area (Å²) in [5, 5.41) is 10.6. The van der Waals surface area contributed by atoms with Gasteiger partial charge in [-0.15, -0.1) is 11.3 Å². The van der Waals surface area contributed by atoms with E-state index in [-0.39, 0.29) is 17.0 Å². The Bertz CT molecular complexity index is 1110. The number of anilines is 1. The second-order valence-electron chi connectivity index (χ2n) is 6.43. The summed E-state index contributed by atoms with van der Waals surface area (Å²) >= 11 is 4.97. The minimum Gasteiger partial charge on any atom is -0.478 e. The molecule has 0 spiro atoms. The first kappa shape index (κ1) is 20.8. The summed E-state index contributed by atoms with van der Waals surface area (Å²) in [6, 6.07) is 13.0. The molecule has 0 aliphatic rings. The molecule has 1 aromatic heterocycles. The summed E-state index contributed by atoms with van der Waals surface area (Å²) in [7, 11) is -0.106. The monoisotopic (exact) mass is 482 g/mol. The van der Waals surface area contributed by atoms with Gasteiger partial charge in [-0.25, -0.2) is 13.2 Å². The van der Waals surface area contributed by atoms with Gasteiger partial charge in [0.2, 0.25) is 0 Å². The van der Waals surface area contributed by atoms with Crippen molar-refractivity contribution in [2.75, 3.05) is 31.5 Å². The van der Waals surface area contributed by atoms with Crippen LogP contribution in [-0.2, 0) is 10.0 Å². The molecule has 0 radical (unpaired) electrons. The Morgan fingerprint density at radius 1 is 1.07 bits per heavy atom. The predicted molar refractivity (Wildman–Crippen MR) is 116 cm³/mol. The van der Waals surface area contributed by atoms with Crippen LogP contribution >= 0.6 is 27.3 Å². The highest BCUT2D eigenvalue weighted by Gasteiger charge is 2.29. The normalized spacial score (nSPS) is 11.9. The summed E-state index contributed by atoms with van der Waals surface area (Å²) in [4.78, 5) is 13.0. The Kier molecular flexibility index (Phi) is 6.09. The molecule has 0 aliphatic carbocycles. The Labute approximate surface area is 176 Å². The summed E-state index contributed by atoms with van der Waals surface area (Å²) in [5.74, 6) is -1.10. The molecule has 148 valence electrons. The maximum atomic E-state index is 13.4. The van der Waals surface area contributed by atoms with Gasteiger partial charge in [-0.05, 0) is 60.4 Å². The average Bonchev–Trinajstić information content (AvgIpc) is 2.98. The number of hydrogen-bond acceptors (Lipinski definition) is 5. The van der Waals surface area contributed by atoms with Crippen molar-refractivity contribution in [3.63, 3.8) is 0 Å². The number of fused-ring (bicyclic) bond motifs is 1. The van der Waals surface area contributed by atoms with Crippen molar-refractivity contribution in [3.8, 4) is 0 Å². The van der Waals surface area contributed by atoms with E-state index in [0.29, 0.717) is 11.5 Å². The summed E-state index contributed by atoms with van der Waals surface area (Å²) in [5.41, 5.74) is 0.0434. The number of likely N-dealkylation sites (N-methyl/N-ethyl adjacent to an activating group) is 1. The molecule has 1 heterocycles. The van der Waals surface area contributed by atoms with E-state index in [4.69, 9.17) is 5.11 Å². The zero-order valence-electron chi connectivity index (χ0n) is 15.3. The van der Waals surface area contributed by atoms with Crippen LogP contribution in [0, 0.1) is 0 Å². The lowest BCUT2D eigenvalue weighted by Gasteiger charge is -2.25. The molecule has 0 saturated heterocycles. The van der Waals surface area contributed by atoms with E-state index in [2.05, 4.69) is 15.9 Å². The fourth-order valence-electron chi connectivity index (χ4n) is 2.68. The third kappa shape index (κ3) is 4.07. The van der Waals surface area contributed by atoms with E-state index >= 15 is 0 Å². The number of rotatable bonds is 7. The van der Waals surface area contributed by atoms with Crippen LogP contribution in [0.1, 0.15) is 10.4 Å². The van der Waals surface area contributed by atoms with Crippen LogP contribution in [0.3, 0.4) is 0 Å². The van der Waals surface area contributed by atoms with Crippen molar-refractivity contribution in [3.05, 3.63) is 58.6 Å². The summed E-state index contributed by atoms with van der Waals surface area (Å²) < 4.78 is 29.9. The van der Waals surface area contributed by atoms with Gasteiger partial charge in [0.05, 0.1) is 14.9 Å². The van der Waals surface area contributed by atoms with Crippen LogP contribution in [-0.4, -0.2) is 51.6 Å². The zero-order chi connectivity index (χ0) is 20.5. The molecule has 28 heavy (non-hydrogen) atoms. The summed E-state index contributed by atoms with van der Waals surface area (Å²) in [6.07, 6.45) is 0. The number of nitrogens with zero attached hydrogens (tertiary/aromatic N) is 2. The lowest BCUT2D eigenvalue weighted by Crippen LogP contribution is -2.36. The van der Waals surface area contributed by atoms with E-state index in [1.54, 1.807) is 0 Å². The molecule has 0 bridgehead atoms. The molecular formula is C19H19BrN2O4S2. The number of aromatic carboxylic acids is 1. The molecule has 2 aromatic carbocycles. The van der Waals surface area contributed by atoms with E-state index in [1.807, 2.05) is 43.3 Å². The summed E-state index contributed by atoms with van der Waals surface area (Å²) in [6.45, 7) is 0.800. The van der Waals surface area contributed by atoms with Gasteiger partial charge in [0.25, 0.3) is 10.0 Å². The van der Waals surface area contributed by atoms with Gasteiger partial charge in [0.1, 0.15) is 5.00 Å². The average molecular weight is 483 g/mol. The van der Waals surface area contributed by atoms with Crippen molar-refractivity contribution >= 4 is 58.3 Å². The third-order valence-electron chi connectivity index (χ3n) is 4.18. The molecule has 9 heteroatoms. The molecule has 1 N–H and O–H groups in total. The predicted octanol–water partition coefficient (Wildman–Crippen LogP) is 4.12. The first-order valence-electron chi connectivity index (χ1n) is 8.39. The first-order chi connectivity index (χ1) is 13.2. The number of carboxylic acid groups (broad SMARTS) is 1. The molecule has 0 fully saturated rings. The fraction of sp³-hybridized carbons (Fsp3) is 0.211. The van der Waals surface area contributed by atoms with E-state index in [1.165, 1.54) is 39.9 Å². The highest BCUT2D eigenvalue weighted by molar-refractivity contribution is 9.10. The second-order valence-corrected chi connectivity index (χ2v) is 10.1. The first-order valence-corrected chi connectivity index (χ1v) is 11.4. The van der Waals surface area contributed by atoms with Gasteiger partial charge in [-0.2, -0.15) is 0 Å². The van der Waals surface area contributed by atoms with Gasteiger partial charge >= 0.3 is 5.97 Å². The molecule has 3 rings (SSSR count). The minimum atomic E-state index is -3.87. The third-order valence-corrected chi connectivity index (χ3v) is 8.37. The Balaban J connectivity index is 2.10. The molecule has 0 atom stereocenters. The van der Waals surface area contributed by atoms with Gasteiger partial charge in [0, 0.05) is 23.2 Å². The van der Waals surface area contributed by atoms with Crippen molar-refractivity contribution in [2.24, 2.45) is 0 Å². The number of thiophene rings is 1. The second kappa shape index (κ2) is 8.20. The number of carbonyl (C=O) groups is 1. The van der Waals surface area contributed by atoms with E-state index in [0.717, 1.165) is 14.6 Å². The quantitative estimate of drug-likeness (QED) is 0.547. The van der Waals surface area contributed by atoms with Crippen LogP contribution in [0.15, 0.2) is 57.9 Å². The SMILES string of the molecule is CN(C)CCN(c1sc2ccccc2c1Br)S(=O)(=O)c1ccc(C(=O)O)cc1. The maximum Gasteiger partial charge on any atom is 0.335 e. The van der Waals surface area contributed by atoms with E-state index < -0.39 is 16.0 Å². The van der Waals surface area contributed by atoms with Gasteiger partial charge in [0.15, 0.2) is 0 Å². The van der Waals surface area contributed by atoms with Crippen molar-refractivity contribution < 1.29 is 18.3 Å². The molecule has 0 saturated carbocycles. The van der Waals surface area contributed by atoms with Crippen molar-refractivity contribution in [2.45, 2.75) is 4.90 Å². The lowest BCUT2D eigenvalue weighted by atomic mass is 10.2. The molecule has 0 aliphatic heterocycles. The Morgan fingerprint density at radius 3 is 2.29 bits per heavy atom.